The van der Waals surface area contributed by atoms with Gasteiger partial charge >= 0.3 is 0 Å². The smallest absolute Gasteiger partial charge is 0.262 e. The molecule has 0 saturated carbocycles. The molecule has 0 fully saturated rings. The third-order valence-corrected chi connectivity index (χ3v) is 3.31. The molecule has 120 valence electrons. The maximum Gasteiger partial charge on any atom is 0.262 e. The molecule has 0 bridgehead atoms. The first-order chi connectivity index (χ1) is 11.0. The van der Waals surface area contributed by atoms with Crippen LogP contribution in [0, 0.1) is 6.92 Å². The van der Waals surface area contributed by atoms with Gasteiger partial charge in [0.2, 0.25) is 0 Å². The van der Waals surface area contributed by atoms with E-state index in [4.69, 9.17) is 10.5 Å². The molecule has 5 nitrogen and oxygen atoms in total. The molecule has 0 spiro atoms. The number of aryl methyl sites for hydroxylation is 1. The minimum atomic E-state index is -0.274. The third kappa shape index (κ3) is 4.57. The number of ether oxygens (including phenoxy) is 1. The van der Waals surface area contributed by atoms with Gasteiger partial charge in [0, 0.05) is 17.7 Å². The number of amides is 1. The number of carbonyl (C=O) groups is 2. The van der Waals surface area contributed by atoms with Crippen molar-refractivity contribution in [3.63, 3.8) is 0 Å². The number of hydrogen-bond donors (Lipinski definition) is 2. The Balaban J connectivity index is 1.95. The van der Waals surface area contributed by atoms with Crippen molar-refractivity contribution in [3.8, 4) is 5.75 Å². The summed E-state index contributed by atoms with van der Waals surface area (Å²) in [5, 5.41) is 2.75. The Bertz CT molecular complexity index is 726. The van der Waals surface area contributed by atoms with Crippen LogP contribution in [0.3, 0.4) is 0 Å². The van der Waals surface area contributed by atoms with E-state index >= 15 is 0 Å². The van der Waals surface area contributed by atoms with Gasteiger partial charge in [0.15, 0.2) is 12.4 Å². The van der Waals surface area contributed by atoms with E-state index in [-0.39, 0.29) is 18.3 Å². The summed E-state index contributed by atoms with van der Waals surface area (Å²) in [6.07, 6.45) is 0.415. The maximum absolute atomic E-state index is 11.9. The van der Waals surface area contributed by atoms with E-state index in [9.17, 15) is 9.59 Å². The summed E-state index contributed by atoms with van der Waals surface area (Å²) in [6, 6.07) is 12.3. The van der Waals surface area contributed by atoms with Gasteiger partial charge in [-0.3, -0.25) is 9.59 Å². The second-order valence-electron chi connectivity index (χ2n) is 5.24. The first kappa shape index (κ1) is 16.5. The van der Waals surface area contributed by atoms with Crippen LogP contribution in [-0.4, -0.2) is 18.3 Å². The van der Waals surface area contributed by atoms with Crippen LogP contribution in [0.2, 0.25) is 0 Å². The zero-order valence-electron chi connectivity index (χ0n) is 13.3. The number of rotatable bonds is 6. The molecule has 5 heteroatoms. The van der Waals surface area contributed by atoms with E-state index in [0.717, 1.165) is 11.3 Å². The average Bonchev–Trinajstić information content (AvgIpc) is 2.53. The van der Waals surface area contributed by atoms with Crippen LogP contribution in [0.4, 0.5) is 11.4 Å². The normalized spacial score (nSPS) is 10.2. The molecule has 0 atom stereocenters. The Labute approximate surface area is 135 Å². The highest BCUT2D eigenvalue weighted by Gasteiger charge is 2.09. The van der Waals surface area contributed by atoms with Crippen LogP contribution < -0.4 is 15.8 Å². The number of benzene rings is 2. The number of nitrogens with one attached hydrogen (secondary N) is 1. The van der Waals surface area contributed by atoms with Crippen molar-refractivity contribution >= 4 is 23.1 Å². The van der Waals surface area contributed by atoms with Gasteiger partial charge in [0.25, 0.3) is 5.91 Å². The van der Waals surface area contributed by atoms with Crippen molar-refractivity contribution in [1.29, 1.82) is 0 Å². The first-order valence-electron chi connectivity index (χ1n) is 7.41. The quantitative estimate of drug-likeness (QED) is 0.634. The molecular formula is C18H20N2O3. The largest absolute Gasteiger partial charge is 0.482 e. The lowest BCUT2D eigenvalue weighted by molar-refractivity contribution is -0.118. The summed E-state index contributed by atoms with van der Waals surface area (Å²) < 4.78 is 5.42. The van der Waals surface area contributed by atoms with E-state index < -0.39 is 0 Å². The number of nitrogens with two attached hydrogens (primary N) is 1. The molecule has 0 aliphatic heterocycles. The number of anilines is 2. The van der Waals surface area contributed by atoms with E-state index in [2.05, 4.69) is 5.32 Å². The molecule has 1 amide bonds. The van der Waals surface area contributed by atoms with Gasteiger partial charge in [-0.25, -0.2) is 0 Å². The van der Waals surface area contributed by atoms with Crippen LogP contribution in [0.1, 0.15) is 29.3 Å². The van der Waals surface area contributed by atoms with Gasteiger partial charge in [-0.1, -0.05) is 19.1 Å². The zero-order chi connectivity index (χ0) is 16.8. The number of ketones is 1. The molecule has 0 aliphatic rings. The number of carbonyl (C=O) groups excluding carboxylic acids is 2. The Kier molecular flexibility index (Phi) is 5.36. The summed E-state index contributed by atoms with van der Waals surface area (Å²) in [4.78, 5) is 23.5. The lowest BCUT2D eigenvalue weighted by Crippen LogP contribution is -2.20. The van der Waals surface area contributed by atoms with Crippen molar-refractivity contribution in [2.24, 2.45) is 0 Å². The highest BCUT2D eigenvalue weighted by molar-refractivity contribution is 5.97. The molecule has 2 rings (SSSR count). The minimum Gasteiger partial charge on any atom is -0.482 e. The fourth-order valence-corrected chi connectivity index (χ4v) is 2.12. The monoisotopic (exact) mass is 312 g/mol. The molecule has 0 saturated heterocycles. The molecule has 2 aromatic rings. The lowest BCUT2D eigenvalue weighted by Gasteiger charge is -2.10. The number of nitrogen functional groups attached to an aromatic ring is 1. The second-order valence-corrected chi connectivity index (χ2v) is 5.24. The second kappa shape index (κ2) is 7.45. The van der Waals surface area contributed by atoms with Gasteiger partial charge < -0.3 is 15.8 Å². The van der Waals surface area contributed by atoms with Crippen molar-refractivity contribution in [1.82, 2.24) is 0 Å². The van der Waals surface area contributed by atoms with Crippen LogP contribution in [0.5, 0.6) is 5.75 Å². The lowest BCUT2D eigenvalue weighted by atomic mass is 10.1. The fourth-order valence-electron chi connectivity index (χ4n) is 2.12. The third-order valence-electron chi connectivity index (χ3n) is 3.31. The summed E-state index contributed by atoms with van der Waals surface area (Å²) in [5.41, 5.74) is 8.52. The predicted molar refractivity (Wildman–Crippen MR) is 90.8 cm³/mol. The van der Waals surface area contributed by atoms with Gasteiger partial charge in [-0.2, -0.15) is 0 Å². The Morgan fingerprint density at radius 3 is 2.61 bits per heavy atom. The molecule has 23 heavy (non-hydrogen) atoms. The predicted octanol–water partition coefficient (Wildman–Crippen LogP) is 3.19. The Morgan fingerprint density at radius 2 is 1.96 bits per heavy atom. The molecule has 2 aromatic carbocycles. The fraction of sp³-hybridized carbons (Fsp3) is 0.222. The summed E-state index contributed by atoms with van der Waals surface area (Å²) in [6.45, 7) is 3.59. The van der Waals surface area contributed by atoms with Crippen molar-refractivity contribution < 1.29 is 14.3 Å². The molecular weight excluding hydrogens is 292 g/mol. The zero-order valence-corrected chi connectivity index (χ0v) is 13.3. The number of hydrogen-bond acceptors (Lipinski definition) is 4. The van der Waals surface area contributed by atoms with Crippen LogP contribution in [-0.2, 0) is 4.79 Å². The SMILES string of the molecule is CCC(=O)c1ccc(OCC(=O)Nc2cccc(C)c2)c(N)c1. The molecule has 0 heterocycles. The standard InChI is InChI=1S/C18H20N2O3/c1-3-16(21)13-7-8-17(15(19)10-13)23-11-18(22)20-14-6-4-5-12(2)9-14/h4-10H,3,11,19H2,1-2H3,(H,20,22). The van der Waals surface area contributed by atoms with Crippen LogP contribution >= 0.6 is 0 Å². The Hall–Kier alpha value is -2.82. The molecule has 0 unspecified atom stereocenters. The molecule has 0 aromatic heterocycles. The molecule has 3 N–H and O–H groups in total. The Morgan fingerprint density at radius 1 is 1.17 bits per heavy atom. The van der Waals surface area contributed by atoms with Gasteiger partial charge in [0.05, 0.1) is 5.69 Å². The van der Waals surface area contributed by atoms with Crippen molar-refractivity contribution in [2.45, 2.75) is 20.3 Å². The topological polar surface area (TPSA) is 81.4 Å². The van der Waals surface area contributed by atoms with Crippen LogP contribution in [0.15, 0.2) is 42.5 Å². The van der Waals surface area contributed by atoms with E-state index in [0.29, 0.717) is 23.4 Å². The van der Waals surface area contributed by atoms with E-state index in [1.54, 1.807) is 25.1 Å². The van der Waals surface area contributed by atoms with Crippen molar-refractivity contribution in [2.75, 3.05) is 17.7 Å². The molecule has 0 aliphatic carbocycles. The summed E-state index contributed by atoms with van der Waals surface area (Å²) in [5.74, 6) is 0.126. The van der Waals surface area contributed by atoms with E-state index in [1.165, 1.54) is 0 Å². The summed E-state index contributed by atoms with van der Waals surface area (Å²) >= 11 is 0. The summed E-state index contributed by atoms with van der Waals surface area (Å²) in [7, 11) is 0. The highest BCUT2D eigenvalue weighted by atomic mass is 16.5. The highest BCUT2D eigenvalue weighted by Crippen LogP contribution is 2.23. The maximum atomic E-state index is 11.9. The van der Waals surface area contributed by atoms with Gasteiger partial charge in [0.1, 0.15) is 5.75 Å². The first-order valence-corrected chi connectivity index (χ1v) is 7.41. The average molecular weight is 312 g/mol. The number of Topliss-reactive ketones (excluding diaryl/α,β-unsaturated/α-hetero) is 1. The van der Waals surface area contributed by atoms with Gasteiger partial charge in [-0.05, 0) is 42.8 Å². The minimum absolute atomic E-state index is 0.0143. The van der Waals surface area contributed by atoms with E-state index in [1.807, 2.05) is 31.2 Å². The van der Waals surface area contributed by atoms with Crippen molar-refractivity contribution in [3.05, 3.63) is 53.6 Å². The molecule has 0 radical (unpaired) electrons. The van der Waals surface area contributed by atoms with Gasteiger partial charge in [-0.15, -0.1) is 0 Å². The van der Waals surface area contributed by atoms with Crippen LogP contribution in [0.25, 0.3) is 0 Å².